The predicted molar refractivity (Wildman–Crippen MR) is 73.2 cm³/mol. The van der Waals surface area contributed by atoms with Crippen LogP contribution in [0.5, 0.6) is 0 Å². The van der Waals surface area contributed by atoms with Crippen LogP contribution in [0.4, 0.5) is 5.00 Å². The molecule has 0 aromatic carbocycles. The maximum Gasteiger partial charge on any atom is 0.341 e. The zero-order valence-electron chi connectivity index (χ0n) is 10.8. The third kappa shape index (κ3) is 3.20. The van der Waals surface area contributed by atoms with Crippen molar-refractivity contribution in [1.29, 1.82) is 0 Å². The minimum Gasteiger partial charge on any atom is -0.465 e. The summed E-state index contributed by atoms with van der Waals surface area (Å²) in [5.41, 5.74) is 1.30. The van der Waals surface area contributed by atoms with Crippen molar-refractivity contribution in [3.63, 3.8) is 0 Å². The Bertz CT molecular complexity index is 477. The monoisotopic (exact) mass is 267 g/mol. The number of amides is 1. The van der Waals surface area contributed by atoms with Gasteiger partial charge in [-0.05, 0) is 25.8 Å². The molecular weight excluding hydrogens is 250 g/mol. The van der Waals surface area contributed by atoms with Crippen molar-refractivity contribution < 1.29 is 14.3 Å². The average molecular weight is 267 g/mol. The first-order chi connectivity index (χ1) is 8.51. The lowest BCUT2D eigenvalue weighted by Crippen LogP contribution is -2.13. The standard InChI is InChI=1S/C13H17NO3S/c1-5-6-7-10(15)14-12-11(13(16)17-4)8(2)9(3)18-12/h5H,1,6-7H2,2-4H3,(H,14,15). The van der Waals surface area contributed by atoms with Gasteiger partial charge in [0.15, 0.2) is 0 Å². The number of hydrogen-bond acceptors (Lipinski definition) is 4. The van der Waals surface area contributed by atoms with Crippen LogP contribution in [0, 0.1) is 13.8 Å². The van der Waals surface area contributed by atoms with E-state index in [2.05, 4.69) is 11.9 Å². The lowest BCUT2D eigenvalue weighted by atomic mass is 10.1. The van der Waals surface area contributed by atoms with Crippen LogP contribution >= 0.6 is 11.3 Å². The van der Waals surface area contributed by atoms with Crippen molar-refractivity contribution in [2.75, 3.05) is 12.4 Å². The molecule has 0 aliphatic carbocycles. The topological polar surface area (TPSA) is 55.4 Å². The summed E-state index contributed by atoms with van der Waals surface area (Å²) in [5.74, 6) is -0.544. The number of carbonyl (C=O) groups excluding carboxylic acids is 2. The zero-order chi connectivity index (χ0) is 13.7. The molecule has 1 amide bonds. The highest BCUT2D eigenvalue weighted by molar-refractivity contribution is 7.16. The van der Waals surface area contributed by atoms with Crippen LogP contribution < -0.4 is 5.32 Å². The molecule has 18 heavy (non-hydrogen) atoms. The number of thiophene rings is 1. The van der Waals surface area contributed by atoms with Gasteiger partial charge >= 0.3 is 5.97 Å². The van der Waals surface area contributed by atoms with E-state index in [9.17, 15) is 9.59 Å². The Balaban J connectivity index is 2.95. The van der Waals surface area contributed by atoms with Crippen molar-refractivity contribution in [3.8, 4) is 0 Å². The number of esters is 1. The van der Waals surface area contributed by atoms with Gasteiger partial charge in [-0.25, -0.2) is 4.79 Å². The van der Waals surface area contributed by atoms with Gasteiger partial charge in [-0.2, -0.15) is 0 Å². The number of rotatable bonds is 5. The Hall–Kier alpha value is -1.62. The van der Waals surface area contributed by atoms with Gasteiger partial charge in [0.1, 0.15) is 5.00 Å². The summed E-state index contributed by atoms with van der Waals surface area (Å²) in [4.78, 5) is 24.3. The van der Waals surface area contributed by atoms with E-state index in [-0.39, 0.29) is 5.91 Å². The molecule has 1 N–H and O–H groups in total. The molecule has 98 valence electrons. The molecule has 0 atom stereocenters. The average Bonchev–Trinajstić information content (AvgIpc) is 2.61. The largest absolute Gasteiger partial charge is 0.465 e. The summed E-state index contributed by atoms with van der Waals surface area (Å²) in [7, 11) is 1.33. The van der Waals surface area contributed by atoms with Crippen LogP contribution in [0.1, 0.15) is 33.6 Å². The molecule has 0 spiro atoms. The fourth-order valence-electron chi connectivity index (χ4n) is 1.49. The highest BCUT2D eigenvalue weighted by atomic mass is 32.1. The molecule has 0 aliphatic rings. The molecule has 0 saturated carbocycles. The van der Waals surface area contributed by atoms with Gasteiger partial charge in [-0.1, -0.05) is 6.08 Å². The minimum atomic E-state index is -0.420. The summed E-state index contributed by atoms with van der Waals surface area (Å²) in [6.07, 6.45) is 2.66. The summed E-state index contributed by atoms with van der Waals surface area (Å²) in [6, 6.07) is 0. The zero-order valence-corrected chi connectivity index (χ0v) is 11.6. The second kappa shape index (κ2) is 6.35. The van der Waals surface area contributed by atoms with Crippen LogP contribution in [0.3, 0.4) is 0 Å². The van der Waals surface area contributed by atoms with Gasteiger partial charge in [0.05, 0.1) is 12.7 Å². The molecule has 5 heteroatoms. The van der Waals surface area contributed by atoms with Crippen molar-refractivity contribution >= 4 is 28.2 Å². The van der Waals surface area contributed by atoms with Crippen molar-refractivity contribution in [2.24, 2.45) is 0 Å². The third-order valence-electron chi connectivity index (χ3n) is 2.60. The number of nitrogens with one attached hydrogen (secondary N) is 1. The Morgan fingerprint density at radius 3 is 2.67 bits per heavy atom. The Labute approximate surface area is 111 Å². The molecule has 0 unspecified atom stereocenters. The first-order valence-electron chi connectivity index (χ1n) is 5.60. The first-order valence-corrected chi connectivity index (χ1v) is 6.42. The number of allylic oxidation sites excluding steroid dienone is 1. The number of ether oxygens (including phenoxy) is 1. The second-order valence-corrected chi connectivity index (χ2v) is 5.08. The lowest BCUT2D eigenvalue weighted by Gasteiger charge is -2.05. The fraction of sp³-hybridized carbons (Fsp3) is 0.385. The summed E-state index contributed by atoms with van der Waals surface area (Å²) < 4.78 is 4.73. The summed E-state index contributed by atoms with van der Waals surface area (Å²) >= 11 is 1.39. The number of carbonyl (C=O) groups is 2. The van der Waals surface area contributed by atoms with Crippen LogP contribution in [0.25, 0.3) is 0 Å². The molecular formula is C13H17NO3S. The smallest absolute Gasteiger partial charge is 0.341 e. The van der Waals surface area contributed by atoms with E-state index >= 15 is 0 Å². The molecule has 1 aromatic heterocycles. The minimum absolute atomic E-state index is 0.124. The SMILES string of the molecule is C=CCCC(=O)Nc1sc(C)c(C)c1C(=O)OC. The van der Waals surface area contributed by atoms with Gasteiger partial charge in [0.2, 0.25) is 5.91 Å². The second-order valence-electron chi connectivity index (χ2n) is 3.85. The maximum atomic E-state index is 11.7. The van der Waals surface area contributed by atoms with Crippen molar-refractivity contribution in [1.82, 2.24) is 0 Å². The Morgan fingerprint density at radius 1 is 1.44 bits per heavy atom. The molecule has 0 bridgehead atoms. The molecule has 1 aromatic rings. The number of anilines is 1. The third-order valence-corrected chi connectivity index (χ3v) is 3.73. The van der Waals surface area contributed by atoms with E-state index in [4.69, 9.17) is 4.74 Å². The summed E-state index contributed by atoms with van der Waals surface area (Å²) in [5, 5.41) is 3.31. The highest BCUT2D eigenvalue weighted by Crippen LogP contribution is 2.33. The van der Waals surface area contributed by atoms with Gasteiger partial charge in [0, 0.05) is 11.3 Å². The van der Waals surface area contributed by atoms with Gasteiger partial charge in [-0.3, -0.25) is 4.79 Å². The number of aryl methyl sites for hydroxylation is 1. The van der Waals surface area contributed by atoms with E-state index < -0.39 is 5.97 Å². The van der Waals surface area contributed by atoms with Gasteiger partial charge in [0.25, 0.3) is 0 Å². The van der Waals surface area contributed by atoms with Crippen LogP contribution in [-0.4, -0.2) is 19.0 Å². The van der Waals surface area contributed by atoms with Crippen molar-refractivity contribution in [3.05, 3.63) is 28.7 Å². The number of methoxy groups -OCH3 is 1. The lowest BCUT2D eigenvalue weighted by molar-refractivity contribution is -0.116. The fourth-order valence-corrected chi connectivity index (χ4v) is 2.55. The molecule has 0 aliphatic heterocycles. The van der Waals surface area contributed by atoms with Crippen molar-refractivity contribution in [2.45, 2.75) is 26.7 Å². The molecule has 1 heterocycles. The van der Waals surface area contributed by atoms with Gasteiger partial charge in [-0.15, -0.1) is 17.9 Å². The van der Waals surface area contributed by atoms with Gasteiger partial charge < -0.3 is 10.1 Å². The van der Waals surface area contributed by atoms with E-state index in [0.717, 1.165) is 10.4 Å². The molecule has 1 rings (SSSR count). The van der Waals surface area contributed by atoms with E-state index in [0.29, 0.717) is 23.4 Å². The van der Waals surface area contributed by atoms with E-state index in [1.807, 2.05) is 13.8 Å². The Morgan fingerprint density at radius 2 is 2.11 bits per heavy atom. The van der Waals surface area contributed by atoms with Crippen LogP contribution in [0.2, 0.25) is 0 Å². The molecule has 0 saturated heterocycles. The summed E-state index contributed by atoms with van der Waals surface area (Å²) in [6.45, 7) is 7.32. The highest BCUT2D eigenvalue weighted by Gasteiger charge is 2.21. The maximum absolute atomic E-state index is 11.7. The normalized spacial score (nSPS) is 9.94. The number of hydrogen-bond donors (Lipinski definition) is 1. The van der Waals surface area contributed by atoms with E-state index in [1.54, 1.807) is 6.08 Å². The molecule has 0 fully saturated rings. The van der Waals surface area contributed by atoms with E-state index in [1.165, 1.54) is 18.4 Å². The quantitative estimate of drug-likeness (QED) is 0.659. The van der Waals surface area contributed by atoms with Crippen LogP contribution in [-0.2, 0) is 9.53 Å². The van der Waals surface area contributed by atoms with Crippen LogP contribution in [0.15, 0.2) is 12.7 Å². The Kier molecular flexibility index (Phi) is 5.09. The molecule has 4 nitrogen and oxygen atoms in total. The predicted octanol–water partition coefficient (Wildman–Crippen LogP) is 3.06. The first kappa shape index (κ1) is 14.4. The molecule has 0 radical (unpaired) electrons.